The lowest BCUT2D eigenvalue weighted by atomic mass is 9.88. The standard InChI is InChI=1S/C22H28FNO4/c1-4-24-12-16(15-10-20(25-3)22-21(11-15)27-13-28-22)9-18(24)14-6-7-19(26-5-2)17(23)8-14/h6-8,10-11,16,18,20,22H,4-5,9,12-13H2,1-3H3. The third-order valence-corrected chi connectivity index (χ3v) is 5.91. The van der Waals surface area contributed by atoms with Crippen molar-refractivity contribution in [3.63, 3.8) is 0 Å². The molecule has 4 atom stereocenters. The van der Waals surface area contributed by atoms with Gasteiger partial charge in [0.1, 0.15) is 18.0 Å². The van der Waals surface area contributed by atoms with E-state index in [0.717, 1.165) is 30.8 Å². The predicted octanol–water partition coefficient (Wildman–Crippen LogP) is 3.82. The second kappa shape index (κ2) is 8.23. The van der Waals surface area contributed by atoms with Gasteiger partial charge in [-0.15, -0.1) is 0 Å². The smallest absolute Gasteiger partial charge is 0.189 e. The number of likely N-dealkylation sites (tertiary alicyclic amines) is 1. The number of allylic oxidation sites excluding steroid dienone is 1. The van der Waals surface area contributed by atoms with Gasteiger partial charge < -0.3 is 18.9 Å². The van der Waals surface area contributed by atoms with Gasteiger partial charge in [0.15, 0.2) is 18.4 Å². The minimum Gasteiger partial charge on any atom is -0.491 e. The Kier molecular flexibility index (Phi) is 5.71. The van der Waals surface area contributed by atoms with Gasteiger partial charge in [0.25, 0.3) is 0 Å². The van der Waals surface area contributed by atoms with E-state index in [1.54, 1.807) is 19.2 Å². The number of rotatable bonds is 6. The van der Waals surface area contributed by atoms with E-state index in [9.17, 15) is 4.39 Å². The molecule has 0 N–H and O–H groups in total. The highest BCUT2D eigenvalue weighted by Crippen LogP contribution is 2.42. The number of fused-ring (bicyclic) bond motifs is 1. The SMILES string of the molecule is CCOc1ccc(C2CC(C3=CC(OC)C4OCOC4=C3)CN2CC)cc1F. The first-order chi connectivity index (χ1) is 13.6. The van der Waals surface area contributed by atoms with Gasteiger partial charge in [0.05, 0.1) is 6.61 Å². The van der Waals surface area contributed by atoms with E-state index in [0.29, 0.717) is 18.3 Å². The first-order valence-electron chi connectivity index (χ1n) is 10.0. The molecule has 4 unspecified atom stereocenters. The maximum absolute atomic E-state index is 14.4. The number of methoxy groups -OCH3 is 1. The Morgan fingerprint density at radius 2 is 2.14 bits per heavy atom. The molecule has 1 aliphatic carbocycles. The maximum Gasteiger partial charge on any atom is 0.189 e. The number of nitrogens with zero attached hydrogens (tertiary/aromatic N) is 1. The van der Waals surface area contributed by atoms with Crippen LogP contribution in [0.4, 0.5) is 4.39 Å². The van der Waals surface area contributed by atoms with E-state index in [2.05, 4.69) is 24.0 Å². The second-order valence-corrected chi connectivity index (χ2v) is 7.42. The van der Waals surface area contributed by atoms with Gasteiger partial charge in [-0.2, -0.15) is 0 Å². The van der Waals surface area contributed by atoms with Crippen molar-refractivity contribution < 1.29 is 23.3 Å². The van der Waals surface area contributed by atoms with Crippen molar-refractivity contribution in [1.82, 2.24) is 4.90 Å². The van der Waals surface area contributed by atoms with Gasteiger partial charge in [-0.3, -0.25) is 4.90 Å². The molecule has 4 rings (SSSR count). The van der Waals surface area contributed by atoms with Crippen LogP contribution in [0, 0.1) is 11.7 Å². The molecule has 3 aliphatic rings. The number of hydrogen-bond acceptors (Lipinski definition) is 5. The quantitative estimate of drug-likeness (QED) is 0.740. The molecule has 2 heterocycles. The first kappa shape index (κ1) is 19.4. The molecule has 152 valence electrons. The van der Waals surface area contributed by atoms with Crippen LogP contribution in [0.3, 0.4) is 0 Å². The fourth-order valence-electron chi connectivity index (χ4n) is 4.49. The third kappa shape index (κ3) is 3.56. The van der Waals surface area contributed by atoms with Crippen LogP contribution in [-0.2, 0) is 14.2 Å². The topological polar surface area (TPSA) is 40.2 Å². The average molecular weight is 389 g/mol. The van der Waals surface area contributed by atoms with Gasteiger partial charge in [-0.1, -0.05) is 13.0 Å². The zero-order valence-electron chi connectivity index (χ0n) is 16.7. The normalized spacial score (nSPS) is 29.9. The summed E-state index contributed by atoms with van der Waals surface area (Å²) in [6.45, 7) is 6.58. The van der Waals surface area contributed by atoms with E-state index in [-0.39, 0.29) is 30.9 Å². The molecule has 0 bridgehead atoms. The summed E-state index contributed by atoms with van der Waals surface area (Å²) in [5.41, 5.74) is 2.21. The minimum atomic E-state index is -0.295. The van der Waals surface area contributed by atoms with Crippen molar-refractivity contribution in [2.45, 2.75) is 38.5 Å². The fourth-order valence-corrected chi connectivity index (χ4v) is 4.49. The van der Waals surface area contributed by atoms with Gasteiger partial charge in [-0.05, 0) is 61.2 Å². The van der Waals surface area contributed by atoms with Crippen molar-refractivity contribution in [3.05, 3.63) is 53.1 Å². The van der Waals surface area contributed by atoms with Gasteiger partial charge in [0, 0.05) is 19.7 Å². The maximum atomic E-state index is 14.4. The summed E-state index contributed by atoms with van der Waals surface area (Å²) >= 11 is 0. The Bertz CT molecular complexity index is 778. The van der Waals surface area contributed by atoms with Crippen LogP contribution in [0.15, 0.2) is 41.7 Å². The molecular formula is C22H28FNO4. The molecule has 0 radical (unpaired) electrons. The third-order valence-electron chi connectivity index (χ3n) is 5.91. The molecule has 1 aromatic rings. The van der Waals surface area contributed by atoms with Crippen molar-refractivity contribution in [1.29, 1.82) is 0 Å². The molecule has 28 heavy (non-hydrogen) atoms. The highest BCUT2D eigenvalue weighted by molar-refractivity contribution is 5.37. The number of hydrogen-bond donors (Lipinski definition) is 0. The first-order valence-corrected chi connectivity index (χ1v) is 10.0. The molecule has 0 saturated carbocycles. The summed E-state index contributed by atoms with van der Waals surface area (Å²) in [5.74, 6) is 1.21. The summed E-state index contributed by atoms with van der Waals surface area (Å²) < 4.78 is 36.6. The monoisotopic (exact) mass is 389 g/mol. The highest BCUT2D eigenvalue weighted by atomic mass is 19.1. The van der Waals surface area contributed by atoms with Crippen molar-refractivity contribution in [3.8, 4) is 5.75 Å². The fraction of sp³-hybridized carbons (Fsp3) is 0.545. The molecule has 0 amide bonds. The summed E-state index contributed by atoms with van der Waals surface area (Å²) in [5, 5.41) is 0. The Morgan fingerprint density at radius 3 is 2.86 bits per heavy atom. The Balaban J connectivity index is 1.56. The van der Waals surface area contributed by atoms with E-state index in [1.807, 2.05) is 13.0 Å². The Hall–Kier alpha value is -1.89. The summed E-state index contributed by atoms with van der Waals surface area (Å²) in [7, 11) is 1.70. The molecule has 1 aromatic carbocycles. The summed E-state index contributed by atoms with van der Waals surface area (Å²) in [6, 6.07) is 5.53. The van der Waals surface area contributed by atoms with E-state index in [1.165, 1.54) is 5.57 Å². The van der Waals surface area contributed by atoms with Crippen molar-refractivity contribution >= 4 is 0 Å². The molecule has 2 fully saturated rings. The zero-order valence-corrected chi connectivity index (χ0v) is 16.7. The number of halogens is 1. The van der Waals surface area contributed by atoms with Gasteiger partial charge >= 0.3 is 0 Å². The Labute approximate surface area is 165 Å². The van der Waals surface area contributed by atoms with Crippen LogP contribution in [0.25, 0.3) is 0 Å². The lowest BCUT2D eigenvalue weighted by Gasteiger charge is -2.25. The van der Waals surface area contributed by atoms with Crippen LogP contribution in [0.1, 0.15) is 31.9 Å². The van der Waals surface area contributed by atoms with Crippen molar-refractivity contribution in [2.75, 3.05) is 33.6 Å². The van der Waals surface area contributed by atoms with Crippen LogP contribution in [0.2, 0.25) is 0 Å². The average Bonchev–Trinajstić information content (AvgIpc) is 3.35. The molecule has 2 saturated heterocycles. The Morgan fingerprint density at radius 1 is 1.29 bits per heavy atom. The molecular weight excluding hydrogens is 361 g/mol. The molecule has 2 aliphatic heterocycles. The second-order valence-electron chi connectivity index (χ2n) is 7.42. The summed E-state index contributed by atoms with van der Waals surface area (Å²) in [4.78, 5) is 2.40. The van der Waals surface area contributed by atoms with Gasteiger partial charge in [0.2, 0.25) is 0 Å². The van der Waals surface area contributed by atoms with Gasteiger partial charge in [-0.25, -0.2) is 4.39 Å². The van der Waals surface area contributed by atoms with E-state index >= 15 is 0 Å². The molecule has 0 spiro atoms. The largest absolute Gasteiger partial charge is 0.491 e. The van der Waals surface area contributed by atoms with Crippen molar-refractivity contribution in [2.24, 2.45) is 5.92 Å². The molecule has 5 nitrogen and oxygen atoms in total. The van der Waals surface area contributed by atoms with Crippen LogP contribution < -0.4 is 4.74 Å². The highest BCUT2D eigenvalue weighted by Gasteiger charge is 2.39. The molecule has 6 heteroatoms. The van der Waals surface area contributed by atoms with E-state index in [4.69, 9.17) is 18.9 Å². The number of ether oxygens (including phenoxy) is 4. The number of benzene rings is 1. The lowest BCUT2D eigenvalue weighted by molar-refractivity contribution is -0.00945. The molecule has 0 aromatic heterocycles. The summed E-state index contributed by atoms with van der Waals surface area (Å²) in [6.07, 6.45) is 4.91. The van der Waals surface area contributed by atoms with Crippen LogP contribution in [0.5, 0.6) is 5.75 Å². The zero-order chi connectivity index (χ0) is 19.7. The van der Waals surface area contributed by atoms with E-state index < -0.39 is 0 Å². The minimum absolute atomic E-state index is 0.130. The van der Waals surface area contributed by atoms with Crippen LogP contribution >= 0.6 is 0 Å². The predicted molar refractivity (Wildman–Crippen MR) is 103 cm³/mol. The van der Waals surface area contributed by atoms with Crippen LogP contribution in [-0.4, -0.2) is 50.7 Å². The lowest BCUT2D eigenvalue weighted by Crippen LogP contribution is -2.31.